The molecule has 3 heteroatoms. The second-order valence-electron chi connectivity index (χ2n) is 5.59. The van der Waals surface area contributed by atoms with Crippen LogP contribution in [-0.4, -0.2) is 11.7 Å². The zero-order chi connectivity index (χ0) is 15.4. The molecule has 0 bridgehead atoms. The van der Waals surface area contributed by atoms with Crippen LogP contribution in [0.25, 0.3) is 11.0 Å². The number of nitrogens with one attached hydrogen (secondary N) is 1. The molecule has 0 spiro atoms. The molecule has 22 heavy (non-hydrogen) atoms. The summed E-state index contributed by atoms with van der Waals surface area (Å²) in [5.74, 6) is 0.969. The van der Waals surface area contributed by atoms with Crippen molar-refractivity contribution in [2.45, 2.75) is 26.0 Å². The van der Waals surface area contributed by atoms with Gasteiger partial charge in [-0.05, 0) is 43.1 Å². The monoisotopic (exact) mass is 295 g/mol. The number of para-hydroxylation sites is 1. The number of benzene rings is 2. The Morgan fingerprint density at radius 2 is 1.77 bits per heavy atom. The number of furan rings is 1. The van der Waals surface area contributed by atoms with Gasteiger partial charge in [0, 0.05) is 5.39 Å². The minimum atomic E-state index is 0.0988. The van der Waals surface area contributed by atoms with Crippen molar-refractivity contribution in [2.75, 3.05) is 6.54 Å². The quantitative estimate of drug-likeness (QED) is 0.726. The van der Waals surface area contributed by atoms with E-state index in [2.05, 4.69) is 36.5 Å². The highest BCUT2D eigenvalue weighted by Gasteiger charge is 2.10. The molecular weight excluding hydrogens is 274 g/mol. The third-order valence-corrected chi connectivity index (χ3v) is 3.94. The number of aliphatic hydroxyl groups is 1. The van der Waals surface area contributed by atoms with Crippen molar-refractivity contribution in [3.8, 4) is 0 Å². The molecule has 0 fully saturated rings. The lowest BCUT2D eigenvalue weighted by molar-refractivity contribution is 0.282. The van der Waals surface area contributed by atoms with Crippen molar-refractivity contribution in [3.63, 3.8) is 0 Å². The van der Waals surface area contributed by atoms with E-state index in [1.807, 2.05) is 30.3 Å². The van der Waals surface area contributed by atoms with Crippen LogP contribution in [0.4, 0.5) is 0 Å². The second kappa shape index (κ2) is 6.77. The summed E-state index contributed by atoms with van der Waals surface area (Å²) in [6, 6.07) is 18.4. The fourth-order valence-corrected chi connectivity index (χ4v) is 2.56. The molecule has 0 radical (unpaired) electrons. The van der Waals surface area contributed by atoms with Crippen molar-refractivity contribution >= 4 is 11.0 Å². The lowest BCUT2D eigenvalue weighted by Gasteiger charge is -2.11. The first-order chi connectivity index (χ1) is 10.8. The molecule has 1 unspecified atom stereocenters. The van der Waals surface area contributed by atoms with Crippen LogP contribution in [0.2, 0.25) is 0 Å². The molecule has 3 rings (SSSR count). The molecular formula is C19H21NO2. The minimum absolute atomic E-state index is 0.0988. The molecule has 0 aliphatic heterocycles. The Hall–Kier alpha value is -2.10. The summed E-state index contributed by atoms with van der Waals surface area (Å²) in [4.78, 5) is 0. The van der Waals surface area contributed by atoms with E-state index < -0.39 is 0 Å². The van der Waals surface area contributed by atoms with Crippen LogP contribution in [-0.2, 0) is 13.0 Å². The maximum atomic E-state index is 9.04. The molecule has 2 aromatic carbocycles. The van der Waals surface area contributed by atoms with Crippen molar-refractivity contribution < 1.29 is 9.52 Å². The number of aliphatic hydroxyl groups excluding tert-OH is 1. The predicted octanol–water partition coefficient (Wildman–Crippen LogP) is 3.82. The maximum absolute atomic E-state index is 9.04. The van der Waals surface area contributed by atoms with Gasteiger partial charge in [-0.15, -0.1) is 0 Å². The first-order valence-electron chi connectivity index (χ1n) is 7.67. The highest BCUT2D eigenvalue weighted by atomic mass is 16.3. The smallest absolute Gasteiger partial charge is 0.134 e. The maximum Gasteiger partial charge on any atom is 0.134 e. The lowest BCUT2D eigenvalue weighted by atomic mass is 10.1. The molecule has 114 valence electrons. The summed E-state index contributed by atoms with van der Waals surface area (Å²) in [7, 11) is 0. The zero-order valence-corrected chi connectivity index (χ0v) is 12.8. The van der Waals surface area contributed by atoms with Crippen molar-refractivity contribution in [1.29, 1.82) is 0 Å². The van der Waals surface area contributed by atoms with Crippen LogP contribution in [0.1, 0.15) is 29.9 Å². The fraction of sp³-hybridized carbons (Fsp3) is 0.263. The van der Waals surface area contributed by atoms with Crippen molar-refractivity contribution in [2.24, 2.45) is 0 Å². The predicted molar refractivity (Wildman–Crippen MR) is 88.7 cm³/mol. The number of hydrogen-bond donors (Lipinski definition) is 2. The Bertz CT molecular complexity index is 698. The van der Waals surface area contributed by atoms with E-state index in [1.165, 1.54) is 5.56 Å². The van der Waals surface area contributed by atoms with Gasteiger partial charge in [0.1, 0.15) is 11.3 Å². The standard InChI is InChI=1S/C19H21NO2/c1-14(19-12-17-4-2-3-5-18(17)22-19)20-11-10-15-6-8-16(13-21)9-7-15/h2-9,12,14,20-21H,10-11,13H2,1H3. The van der Waals surface area contributed by atoms with E-state index in [1.54, 1.807) is 0 Å². The molecule has 0 aliphatic rings. The van der Waals surface area contributed by atoms with E-state index in [4.69, 9.17) is 9.52 Å². The lowest BCUT2D eigenvalue weighted by Crippen LogP contribution is -2.20. The number of fused-ring (bicyclic) bond motifs is 1. The zero-order valence-electron chi connectivity index (χ0n) is 12.8. The van der Waals surface area contributed by atoms with Crippen molar-refractivity contribution in [3.05, 3.63) is 71.5 Å². The Balaban J connectivity index is 1.56. The third kappa shape index (κ3) is 3.38. The Morgan fingerprint density at radius 1 is 1.05 bits per heavy atom. The summed E-state index contributed by atoms with van der Waals surface area (Å²) >= 11 is 0. The average Bonchev–Trinajstić information content (AvgIpc) is 2.99. The molecule has 1 heterocycles. The van der Waals surface area contributed by atoms with E-state index in [0.29, 0.717) is 0 Å². The van der Waals surface area contributed by atoms with E-state index >= 15 is 0 Å². The van der Waals surface area contributed by atoms with Gasteiger partial charge in [-0.3, -0.25) is 0 Å². The van der Waals surface area contributed by atoms with Gasteiger partial charge in [-0.25, -0.2) is 0 Å². The first-order valence-corrected chi connectivity index (χ1v) is 7.67. The summed E-state index contributed by atoms with van der Waals surface area (Å²) in [5.41, 5.74) is 3.15. The Kier molecular flexibility index (Phi) is 4.56. The van der Waals surface area contributed by atoms with Gasteiger partial charge in [0.25, 0.3) is 0 Å². The normalized spacial score (nSPS) is 12.6. The molecule has 3 nitrogen and oxygen atoms in total. The highest BCUT2D eigenvalue weighted by Crippen LogP contribution is 2.23. The van der Waals surface area contributed by atoms with Gasteiger partial charge in [-0.2, -0.15) is 0 Å². The van der Waals surface area contributed by atoms with Gasteiger partial charge in [-0.1, -0.05) is 42.5 Å². The summed E-state index contributed by atoms with van der Waals surface area (Å²) in [6.07, 6.45) is 0.955. The van der Waals surface area contributed by atoms with Gasteiger partial charge in [0.2, 0.25) is 0 Å². The molecule has 0 aliphatic carbocycles. The molecule has 1 atom stereocenters. The molecule has 3 aromatic rings. The molecule has 1 aromatic heterocycles. The summed E-state index contributed by atoms with van der Waals surface area (Å²) < 4.78 is 5.87. The van der Waals surface area contributed by atoms with E-state index in [9.17, 15) is 0 Å². The van der Waals surface area contributed by atoms with Gasteiger partial charge in [0.05, 0.1) is 12.6 Å². The molecule has 0 amide bonds. The van der Waals surface area contributed by atoms with Gasteiger partial charge < -0.3 is 14.8 Å². The van der Waals surface area contributed by atoms with Crippen LogP contribution >= 0.6 is 0 Å². The van der Waals surface area contributed by atoms with Crippen molar-refractivity contribution in [1.82, 2.24) is 5.32 Å². The SMILES string of the molecule is CC(NCCc1ccc(CO)cc1)c1cc2ccccc2o1. The Labute approximate surface area is 130 Å². The van der Waals surface area contributed by atoms with Crippen LogP contribution in [0, 0.1) is 0 Å². The second-order valence-corrected chi connectivity index (χ2v) is 5.59. The summed E-state index contributed by atoms with van der Waals surface area (Å²) in [5, 5.41) is 13.7. The van der Waals surface area contributed by atoms with Gasteiger partial charge >= 0.3 is 0 Å². The molecule has 0 saturated heterocycles. The largest absolute Gasteiger partial charge is 0.459 e. The first kappa shape index (κ1) is 14.8. The fourth-order valence-electron chi connectivity index (χ4n) is 2.56. The summed E-state index contributed by atoms with van der Waals surface area (Å²) in [6.45, 7) is 3.10. The van der Waals surface area contributed by atoms with Crippen LogP contribution in [0.3, 0.4) is 0 Å². The van der Waals surface area contributed by atoms with Crippen LogP contribution in [0.5, 0.6) is 0 Å². The van der Waals surface area contributed by atoms with Gasteiger partial charge in [0.15, 0.2) is 0 Å². The number of rotatable bonds is 6. The topological polar surface area (TPSA) is 45.4 Å². The number of hydrogen-bond acceptors (Lipinski definition) is 3. The van der Waals surface area contributed by atoms with E-state index in [0.717, 1.165) is 35.3 Å². The minimum Gasteiger partial charge on any atom is -0.459 e. The highest BCUT2D eigenvalue weighted by molar-refractivity contribution is 5.77. The third-order valence-electron chi connectivity index (χ3n) is 3.94. The van der Waals surface area contributed by atoms with Crippen LogP contribution in [0.15, 0.2) is 59.0 Å². The average molecular weight is 295 g/mol. The Morgan fingerprint density at radius 3 is 2.50 bits per heavy atom. The molecule has 0 saturated carbocycles. The van der Waals surface area contributed by atoms with Crippen LogP contribution < -0.4 is 5.32 Å². The van der Waals surface area contributed by atoms with E-state index in [-0.39, 0.29) is 12.6 Å². The molecule has 2 N–H and O–H groups in total.